The number of hydrogen-bond acceptors (Lipinski definition) is 3. The molecule has 6 heteroatoms. The first-order valence-corrected chi connectivity index (χ1v) is 8.71. The number of aromatic nitrogens is 3. The molecule has 2 aromatic heterocycles. The zero-order valence-electron chi connectivity index (χ0n) is 14.5. The summed E-state index contributed by atoms with van der Waals surface area (Å²) >= 11 is 0. The zero-order valence-corrected chi connectivity index (χ0v) is 14.5. The van der Waals surface area contributed by atoms with E-state index in [0.717, 1.165) is 51.1 Å². The number of aryl methyl sites for hydroxylation is 2. The van der Waals surface area contributed by atoms with Crippen LogP contribution in [0.5, 0.6) is 0 Å². The van der Waals surface area contributed by atoms with Crippen LogP contribution in [0.1, 0.15) is 25.0 Å². The average Bonchev–Trinajstić information content (AvgIpc) is 3.24. The van der Waals surface area contributed by atoms with Crippen LogP contribution in [0.15, 0.2) is 30.7 Å². The topological polar surface area (TPSA) is 46.3 Å². The minimum Gasteiger partial charge on any atom is -0.353 e. The Morgan fingerprint density at radius 3 is 2.83 bits per heavy atom. The molecule has 24 heavy (non-hydrogen) atoms. The van der Waals surface area contributed by atoms with Gasteiger partial charge in [-0.3, -0.25) is 14.4 Å². The molecule has 1 amide bonds. The second kappa shape index (κ2) is 5.77. The number of anilines is 1. The third-order valence-electron chi connectivity index (χ3n) is 5.61. The molecule has 0 radical (unpaired) electrons. The van der Waals surface area contributed by atoms with Crippen LogP contribution < -0.4 is 4.90 Å². The molecule has 2 aromatic rings. The second-order valence-corrected chi connectivity index (χ2v) is 7.28. The van der Waals surface area contributed by atoms with E-state index < -0.39 is 0 Å². The molecule has 1 spiro atoms. The predicted octanol–water partition coefficient (Wildman–Crippen LogP) is 1.78. The summed E-state index contributed by atoms with van der Waals surface area (Å²) in [6.07, 6.45) is 8.86. The van der Waals surface area contributed by atoms with E-state index in [9.17, 15) is 4.79 Å². The van der Waals surface area contributed by atoms with Gasteiger partial charge in [-0.2, -0.15) is 5.10 Å². The highest BCUT2D eigenvalue weighted by Gasteiger charge is 2.49. The fourth-order valence-corrected chi connectivity index (χ4v) is 4.25. The standard InChI is InChI=1S/C18H25N5O/c1-20-8-3-5-15(20)13-22-9-4-6-18(14-22)7-10-23(17(18)24)16-11-19-21(2)12-16/h3,5,8,11-12H,4,6-7,9-10,13-14H2,1-2H3/t18-/m0/s1. The zero-order chi connectivity index (χ0) is 16.7. The van der Waals surface area contributed by atoms with Crippen molar-refractivity contribution in [3.8, 4) is 0 Å². The van der Waals surface area contributed by atoms with Gasteiger partial charge < -0.3 is 9.47 Å². The number of piperidine rings is 1. The highest BCUT2D eigenvalue weighted by Crippen LogP contribution is 2.42. The quantitative estimate of drug-likeness (QED) is 0.863. The number of carbonyl (C=O) groups excluding carboxylic acids is 1. The van der Waals surface area contributed by atoms with Gasteiger partial charge in [0.25, 0.3) is 0 Å². The van der Waals surface area contributed by atoms with E-state index in [0.29, 0.717) is 0 Å². The molecular weight excluding hydrogens is 302 g/mol. The van der Waals surface area contributed by atoms with E-state index in [4.69, 9.17) is 0 Å². The Hall–Kier alpha value is -2.08. The van der Waals surface area contributed by atoms with Gasteiger partial charge in [-0.15, -0.1) is 0 Å². The number of nitrogens with zero attached hydrogens (tertiary/aromatic N) is 5. The highest BCUT2D eigenvalue weighted by molar-refractivity contribution is 6.00. The van der Waals surface area contributed by atoms with Gasteiger partial charge in [-0.25, -0.2) is 0 Å². The smallest absolute Gasteiger partial charge is 0.234 e. The minimum atomic E-state index is -0.209. The molecule has 128 valence electrons. The fourth-order valence-electron chi connectivity index (χ4n) is 4.25. The van der Waals surface area contributed by atoms with Crippen LogP contribution in [0, 0.1) is 5.41 Å². The SMILES string of the molecule is Cn1cc(N2CC[C@]3(CCCN(Cc4cccn4C)C3)C2=O)cn1. The van der Waals surface area contributed by atoms with Crippen molar-refractivity contribution >= 4 is 11.6 Å². The van der Waals surface area contributed by atoms with Crippen molar-refractivity contribution in [1.82, 2.24) is 19.2 Å². The molecule has 4 rings (SSSR count). The van der Waals surface area contributed by atoms with Crippen molar-refractivity contribution in [1.29, 1.82) is 0 Å². The van der Waals surface area contributed by atoms with Crippen molar-refractivity contribution in [3.05, 3.63) is 36.4 Å². The summed E-state index contributed by atoms with van der Waals surface area (Å²) in [4.78, 5) is 17.5. The molecule has 0 N–H and O–H groups in total. The Morgan fingerprint density at radius 1 is 1.25 bits per heavy atom. The number of carbonyl (C=O) groups is 1. The first-order valence-electron chi connectivity index (χ1n) is 8.71. The van der Waals surface area contributed by atoms with E-state index >= 15 is 0 Å². The largest absolute Gasteiger partial charge is 0.353 e. The fraction of sp³-hybridized carbons (Fsp3) is 0.556. The molecule has 2 aliphatic heterocycles. The molecule has 2 fully saturated rings. The van der Waals surface area contributed by atoms with Crippen molar-refractivity contribution in [2.75, 3.05) is 24.5 Å². The molecule has 0 aliphatic carbocycles. The summed E-state index contributed by atoms with van der Waals surface area (Å²) < 4.78 is 3.93. The van der Waals surface area contributed by atoms with Gasteiger partial charge in [0.15, 0.2) is 0 Å². The lowest BCUT2D eigenvalue weighted by atomic mass is 9.78. The number of rotatable bonds is 3. The second-order valence-electron chi connectivity index (χ2n) is 7.28. The monoisotopic (exact) mass is 327 g/mol. The van der Waals surface area contributed by atoms with Crippen LogP contribution in [0.25, 0.3) is 0 Å². The molecule has 1 atom stereocenters. The molecule has 0 saturated carbocycles. The van der Waals surface area contributed by atoms with Crippen LogP contribution in [0.2, 0.25) is 0 Å². The summed E-state index contributed by atoms with van der Waals surface area (Å²) in [7, 11) is 3.97. The van der Waals surface area contributed by atoms with E-state index in [1.165, 1.54) is 5.69 Å². The van der Waals surface area contributed by atoms with E-state index in [1.807, 2.05) is 18.1 Å². The maximum Gasteiger partial charge on any atom is 0.234 e. The van der Waals surface area contributed by atoms with Crippen molar-refractivity contribution < 1.29 is 4.79 Å². The molecule has 0 unspecified atom stereocenters. The van der Waals surface area contributed by atoms with Gasteiger partial charge in [-0.1, -0.05) is 0 Å². The molecule has 4 heterocycles. The summed E-state index contributed by atoms with van der Waals surface area (Å²) in [5, 5.41) is 4.21. The molecule has 0 bridgehead atoms. The van der Waals surface area contributed by atoms with Crippen LogP contribution in [0.3, 0.4) is 0 Å². The summed E-state index contributed by atoms with van der Waals surface area (Å²) in [5.74, 6) is 0.284. The number of amides is 1. The summed E-state index contributed by atoms with van der Waals surface area (Å²) in [6, 6.07) is 4.25. The lowest BCUT2D eigenvalue weighted by molar-refractivity contribution is -0.128. The maximum absolute atomic E-state index is 13.2. The van der Waals surface area contributed by atoms with Gasteiger partial charge in [0, 0.05) is 51.8 Å². The first kappa shape index (κ1) is 15.4. The van der Waals surface area contributed by atoms with Crippen LogP contribution in [-0.2, 0) is 25.4 Å². The van der Waals surface area contributed by atoms with Gasteiger partial charge in [0.05, 0.1) is 17.3 Å². The third kappa shape index (κ3) is 2.55. The van der Waals surface area contributed by atoms with Gasteiger partial charge in [0.1, 0.15) is 0 Å². The number of hydrogen-bond donors (Lipinski definition) is 0. The van der Waals surface area contributed by atoms with Crippen LogP contribution >= 0.6 is 0 Å². The van der Waals surface area contributed by atoms with Gasteiger partial charge in [0.2, 0.25) is 5.91 Å². The molecule has 6 nitrogen and oxygen atoms in total. The minimum absolute atomic E-state index is 0.209. The first-order chi connectivity index (χ1) is 11.6. The van der Waals surface area contributed by atoms with E-state index in [1.54, 1.807) is 10.9 Å². The van der Waals surface area contributed by atoms with Crippen molar-refractivity contribution in [2.45, 2.75) is 25.8 Å². The lowest BCUT2D eigenvalue weighted by Crippen LogP contribution is -2.47. The molecule has 0 aromatic carbocycles. The molecule has 2 aliphatic rings. The van der Waals surface area contributed by atoms with Crippen molar-refractivity contribution in [2.24, 2.45) is 19.5 Å². The summed E-state index contributed by atoms with van der Waals surface area (Å²) in [6.45, 7) is 3.68. The molecular formula is C18H25N5O. The lowest BCUT2D eigenvalue weighted by Gasteiger charge is -2.39. The Labute approximate surface area is 142 Å². The summed E-state index contributed by atoms with van der Waals surface area (Å²) in [5.41, 5.74) is 2.03. The highest BCUT2D eigenvalue weighted by atomic mass is 16.2. The van der Waals surface area contributed by atoms with E-state index in [-0.39, 0.29) is 11.3 Å². The Kier molecular flexibility index (Phi) is 3.72. The average molecular weight is 327 g/mol. The van der Waals surface area contributed by atoms with Crippen LogP contribution in [0.4, 0.5) is 5.69 Å². The maximum atomic E-state index is 13.2. The van der Waals surface area contributed by atoms with Gasteiger partial charge >= 0.3 is 0 Å². The Bertz CT molecular complexity index is 748. The predicted molar refractivity (Wildman–Crippen MR) is 92.5 cm³/mol. The van der Waals surface area contributed by atoms with Crippen LogP contribution in [-0.4, -0.2) is 44.8 Å². The Balaban J connectivity index is 1.50. The number of likely N-dealkylation sites (tertiary alicyclic amines) is 1. The normalized spacial score (nSPS) is 25.1. The van der Waals surface area contributed by atoms with Gasteiger partial charge in [-0.05, 0) is 37.9 Å². The molecule has 2 saturated heterocycles. The third-order valence-corrected chi connectivity index (χ3v) is 5.61. The van der Waals surface area contributed by atoms with Crippen molar-refractivity contribution in [3.63, 3.8) is 0 Å². The van der Waals surface area contributed by atoms with E-state index in [2.05, 4.69) is 39.9 Å². The Morgan fingerprint density at radius 2 is 2.12 bits per heavy atom.